The van der Waals surface area contributed by atoms with Gasteiger partial charge in [0.2, 0.25) is 27.7 Å². The van der Waals surface area contributed by atoms with Crippen LogP contribution in [0.15, 0.2) is 49.3 Å². The molecule has 51 heavy (non-hydrogen) atoms. The second-order valence-corrected chi connectivity index (χ2v) is 17.6. The number of aromatic nitrogens is 1. The molecule has 2 saturated heterocycles. The zero-order valence-corrected chi connectivity index (χ0v) is 30.3. The second-order valence-electron chi connectivity index (χ2n) is 15.6. The van der Waals surface area contributed by atoms with E-state index in [2.05, 4.69) is 26.9 Å². The van der Waals surface area contributed by atoms with Crippen molar-refractivity contribution in [2.45, 2.75) is 95.0 Å². The molecule has 1 aromatic heterocycles. The number of likely N-dealkylation sites (tertiary alicyclic amines) is 2. The summed E-state index contributed by atoms with van der Waals surface area (Å²) in [6.07, 6.45) is 8.82. The van der Waals surface area contributed by atoms with Gasteiger partial charge >= 0.3 is 0 Å². The zero-order chi connectivity index (χ0) is 36.7. The highest BCUT2D eigenvalue weighted by molar-refractivity contribution is 7.91. The Morgan fingerprint density at radius 2 is 1.78 bits per heavy atom. The normalized spacial score (nSPS) is 25.5. The van der Waals surface area contributed by atoms with Gasteiger partial charge in [-0.05, 0) is 73.9 Å². The third-order valence-electron chi connectivity index (χ3n) is 10.8. The Balaban J connectivity index is 1.25. The highest BCUT2D eigenvalue weighted by Crippen LogP contribution is 2.45. The number of hydrogen-bond donors (Lipinski definition) is 3. The number of fused-ring (bicyclic) bond motifs is 1. The number of nitrogens with zero attached hydrogens (tertiary/aromatic N) is 3. The van der Waals surface area contributed by atoms with Gasteiger partial charge in [0.05, 0.1) is 11.2 Å². The first-order valence-corrected chi connectivity index (χ1v) is 19.4. The van der Waals surface area contributed by atoms with Crippen LogP contribution in [0.25, 0.3) is 10.8 Å². The van der Waals surface area contributed by atoms with Crippen LogP contribution in [0.3, 0.4) is 0 Å². The number of sulfonamides is 1. The van der Waals surface area contributed by atoms with Gasteiger partial charge in [-0.3, -0.25) is 33.7 Å². The van der Waals surface area contributed by atoms with Gasteiger partial charge in [-0.25, -0.2) is 8.42 Å². The topological polar surface area (TPSA) is 175 Å². The van der Waals surface area contributed by atoms with Crippen LogP contribution in [-0.2, 0) is 29.2 Å². The minimum absolute atomic E-state index is 0.00475. The number of piperidine rings is 1. The Hall–Kier alpha value is -4.33. The molecule has 1 aromatic carbocycles. The second kappa shape index (κ2) is 14.0. The first kappa shape index (κ1) is 36.5. The summed E-state index contributed by atoms with van der Waals surface area (Å²) >= 11 is 0. The van der Waals surface area contributed by atoms with E-state index in [9.17, 15) is 32.4 Å². The Kier molecular flexibility index (Phi) is 10.0. The van der Waals surface area contributed by atoms with Crippen LogP contribution in [0, 0.1) is 17.3 Å². The maximum atomic E-state index is 14.6. The quantitative estimate of drug-likeness (QED) is 0.297. The van der Waals surface area contributed by atoms with Crippen LogP contribution in [0.1, 0.15) is 82.5 Å². The van der Waals surface area contributed by atoms with Crippen LogP contribution < -0.4 is 15.4 Å². The molecule has 0 unspecified atom stereocenters. The van der Waals surface area contributed by atoms with Crippen molar-refractivity contribution in [3.05, 3.63) is 54.9 Å². The molecule has 14 heteroatoms. The monoisotopic (exact) mass is 720 g/mol. The van der Waals surface area contributed by atoms with Crippen molar-refractivity contribution >= 4 is 50.3 Å². The molecule has 3 heterocycles. The number of hydrogen-bond acceptors (Lipinski definition) is 8. The molecule has 5 atom stereocenters. The number of rotatable bonds is 11. The van der Waals surface area contributed by atoms with Crippen molar-refractivity contribution in [2.75, 3.05) is 19.6 Å². The highest BCUT2D eigenvalue weighted by Gasteiger charge is 2.62. The average Bonchev–Trinajstić information content (AvgIpc) is 4.03. The Bertz CT molecular complexity index is 1850. The fourth-order valence-corrected chi connectivity index (χ4v) is 8.72. The Morgan fingerprint density at radius 3 is 2.43 bits per heavy atom. The summed E-state index contributed by atoms with van der Waals surface area (Å²) in [5.41, 5.74) is -1.78. The Morgan fingerprint density at radius 1 is 1.06 bits per heavy atom. The van der Waals surface area contributed by atoms with Crippen molar-refractivity contribution in [3.63, 3.8) is 0 Å². The third kappa shape index (κ3) is 7.80. The summed E-state index contributed by atoms with van der Waals surface area (Å²) in [6, 6.07) is 5.30. The minimum Gasteiger partial charge on any atom is -0.347 e. The summed E-state index contributed by atoms with van der Waals surface area (Å²) < 4.78 is 27.5. The number of nitrogens with one attached hydrogen (secondary N) is 3. The van der Waals surface area contributed by atoms with E-state index in [0.717, 1.165) is 30.0 Å². The van der Waals surface area contributed by atoms with Crippen LogP contribution in [0.4, 0.5) is 0 Å². The summed E-state index contributed by atoms with van der Waals surface area (Å²) in [5.74, 6) is -3.64. The van der Waals surface area contributed by atoms with Gasteiger partial charge < -0.3 is 20.4 Å². The van der Waals surface area contributed by atoms with Gasteiger partial charge in [-0.2, -0.15) is 0 Å². The van der Waals surface area contributed by atoms with E-state index in [0.29, 0.717) is 31.5 Å². The molecule has 2 saturated carbocycles. The molecule has 5 amide bonds. The van der Waals surface area contributed by atoms with Gasteiger partial charge in [0.15, 0.2) is 0 Å². The van der Waals surface area contributed by atoms with E-state index >= 15 is 0 Å². The van der Waals surface area contributed by atoms with Gasteiger partial charge in [0.25, 0.3) is 11.8 Å². The Labute approximate surface area is 299 Å². The molecule has 4 fully saturated rings. The van der Waals surface area contributed by atoms with Crippen molar-refractivity contribution in [3.8, 4) is 0 Å². The lowest BCUT2D eigenvalue weighted by Crippen LogP contribution is -2.57. The lowest BCUT2D eigenvalue weighted by molar-refractivity contribution is -0.148. The molecule has 0 bridgehead atoms. The fourth-order valence-electron chi connectivity index (χ4n) is 7.36. The van der Waals surface area contributed by atoms with E-state index in [1.807, 2.05) is 20.8 Å². The third-order valence-corrected chi connectivity index (χ3v) is 12.6. The van der Waals surface area contributed by atoms with Gasteiger partial charge in [0, 0.05) is 61.4 Å². The lowest BCUT2D eigenvalue weighted by Gasteiger charge is -2.36. The molecular weight excluding hydrogens is 673 g/mol. The van der Waals surface area contributed by atoms with Crippen molar-refractivity contribution in [1.29, 1.82) is 0 Å². The smallest absolute Gasteiger partial charge is 0.259 e. The van der Waals surface area contributed by atoms with Crippen molar-refractivity contribution in [2.24, 2.45) is 17.3 Å². The first-order valence-electron chi connectivity index (χ1n) is 17.9. The summed E-state index contributed by atoms with van der Waals surface area (Å²) in [6.45, 7) is 10.7. The van der Waals surface area contributed by atoms with Gasteiger partial charge in [-0.15, -0.1) is 6.58 Å². The predicted octanol–water partition coefficient (Wildman–Crippen LogP) is 2.67. The van der Waals surface area contributed by atoms with Gasteiger partial charge in [0.1, 0.15) is 11.6 Å². The van der Waals surface area contributed by atoms with Crippen LogP contribution in [0.5, 0.6) is 0 Å². The van der Waals surface area contributed by atoms with E-state index in [-0.39, 0.29) is 37.6 Å². The maximum Gasteiger partial charge on any atom is 0.259 e. The fraction of sp³-hybridized carbons (Fsp3) is 0.568. The number of carbonyl (C=O) groups is 5. The van der Waals surface area contributed by atoms with Gasteiger partial charge in [-0.1, -0.05) is 32.9 Å². The number of benzene rings is 1. The summed E-state index contributed by atoms with van der Waals surface area (Å²) in [4.78, 5) is 76.5. The zero-order valence-electron chi connectivity index (χ0n) is 29.5. The molecular formula is C37H48N6O7S. The van der Waals surface area contributed by atoms with E-state index in [4.69, 9.17) is 0 Å². The molecule has 13 nitrogen and oxygen atoms in total. The molecule has 3 N–H and O–H groups in total. The van der Waals surface area contributed by atoms with E-state index in [1.165, 1.54) is 11.0 Å². The van der Waals surface area contributed by atoms with Crippen molar-refractivity contribution < 1.29 is 32.4 Å². The average molecular weight is 721 g/mol. The molecule has 2 aliphatic carbocycles. The molecule has 2 aromatic rings. The first-order chi connectivity index (χ1) is 24.1. The predicted molar refractivity (Wildman–Crippen MR) is 190 cm³/mol. The maximum absolute atomic E-state index is 14.6. The molecule has 274 valence electrons. The SMILES string of the molecule is C=C[C@@H]1C[C@]1(NC(=O)[C@@H]1C[C@@H](NC(=O)c2ccc3cnccc3c2)CN1C(=O)[C@@H](CC(=O)N1CCCCC1)C(C)(C)C)C(=O)NS(=O)(=O)C1CC1. The minimum atomic E-state index is -3.89. The van der Waals surface area contributed by atoms with Crippen molar-refractivity contribution in [1.82, 2.24) is 30.1 Å². The number of carbonyl (C=O) groups excluding carboxylic acids is 5. The van der Waals surface area contributed by atoms with Crippen LogP contribution >= 0.6 is 0 Å². The largest absolute Gasteiger partial charge is 0.347 e. The van der Waals surface area contributed by atoms with Crippen LogP contribution in [0.2, 0.25) is 0 Å². The molecule has 6 rings (SSSR count). The molecule has 0 radical (unpaired) electrons. The highest BCUT2D eigenvalue weighted by atomic mass is 32.2. The number of amides is 5. The molecule has 4 aliphatic rings. The summed E-state index contributed by atoms with van der Waals surface area (Å²) in [7, 11) is -3.89. The van der Waals surface area contributed by atoms with Crippen LogP contribution in [-0.4, -0.2) is 95.2 Å². The lowest BCUT2D eigenvalue weighted by atomic mass is 9.77. The molecule has 2 aliphatic heterocycles. The number of pyridine rings is 1. The standard InChI is InChI=1S/C37H48N6O7S/c1-5-26-20-37(26,35(48)41-51(49,50)28-11-12-28)40-33(46)30-18-27(39-32(45)24-9-10-25-21-38-14-13-23(25)17-24)22-43(30)34(47)29(36(2,3)4)19-31(44)42-15-7-6-8-16-42/h5,9-10,13-14,17,21,26-30H,1,6-8,11-12,15-16,18-20,22H2,2-4H3,(H,39,45)(H,40,46)(H,41,48)/t26-,27-,29-,30+,37-/m1/s1. The molecule has 0 spiro atoms. The van der Waals surface area contributed by atoms with E-state index < -0.39 is 67.9 Å². The van der Waals surface area contributed by atoms with E-state index in [1.54, 1.807) is 41.6 Å². The summed E-state index contributed by atoms with van der Waals surface area (Å²) in [5, 5.41) is 6.86.